The lowest BCUT2D eigenvalue weighted by molar-refractivity contribution is -0.189. The summed E-state index contributed by atoms with van der Waals surface area (Å²) in [5.74, 6) is -0.240. The zero-order valence-electron chi connectivity index (χ0n) is 8.68. The highest BCUT2D eigenvalue weighted by molar-refractivity contribution is 6.37. The van der Waals surface area contributed by atoms with Crippen molar-refractivity contribution in [2.75, 3.05) is 0 Å². The molecule has 0 saturated carbocycles. The smallest absolute Gasteiger partial charge is 0.425 e. The van der Waals surface area contributed by atoms with Gasteiger partial charge in [0.25, 0.3) is 0 Å². The van der Waals surface area contributed by atoms with Gasteiger partial charge in [-0.25, -0.2) is 0 Å². The van der Waals surface area contributed by atoms with E-state index in [1.807, 2.05) is 0 Å². The number of aliphatic hydroxyl groups excluding tert-OH is 1. The van der Waals surface area contributed by atoms with Crippen LogP contribution >= 0.6 is 23.2 Å². The first-order valence-corrected chi connectivity index (χ1v) is 5.33. The minimum Gasteiger partial charge on any atom is -0.478 e. The Morgan fingerprint density at radius 1 is 1.29 bits per heavy atom. The molecular formula is C10H9Cl2F3O2. The molecular weight excluding hydrogens is 280 g/mol. The van der Waals surface area contributed by atoms with Crippen LogP contribution in [0.15, 0.2) is 12.1 Å². The number of rotatable bonds is 3. The van der Waals surface area contributed by atoms with Crippen LogP contribution in [0.25, 0.3) is 0 Å². The maximum atomic E-state index is 12.3. The average Bonchev–Trinajstić information content (AvgIpc) is 2.21. The molecule has 0 fully saturated rings. The molecule has 1 atom stereocenters. The van der Waals surface area contributed by atoms with E-state index in [9.17, 15) is 13.2 Å². The molecule has 0 aliphatic carbocycles. The first-order chi connectivity index (χ1) is 7.75. The summed E-state index contributed by atoms with van der Waals surface area (Å²) in [6.45, 7) is 0.543. The van der Waals surface area contributed by atoms with Crippen molar-refractivity contribution in [2.24, 2.45) is 0 Å². The van der Waals surface area contributed by atoms with Crippen LogP contribution < -0.4 is 4.74 Å². The SMILES string of the molecule is C[C@H](Oc1c(Cl)cc(CO)cc1Cl)C(F)(F)F. The fraction of sp³-hybridized carbons (Fsp3) is 0.400. The maximum absolute atomic E-state index is 12.3. The summed E-state index contributed by atoms with van der Waals surface area (Å²) in [4.78, 5) is 0. The van der Waals surface area contributed by atoms with Gasteiger partial charge in [-0.2, -0.15) is 13.2 Å². The number of aliphatic hydroxyl groups is 1. The summed E-state index contributed by atoms with van der Waals surface area (Å²) in [5.41, 5.74) is 0.395. The third-order valence-corrected chi connectivity index (χ3v) is 2.56. The Bertz CT molecular complexity index is 384. The second-order valence-corrected chi connectivity index (χ2v) is 4.16. The molecule has 0 unspecified atom stereocenters. The Hall–Kier alpha value is -0.650. The highest BCUT2D eigenvalue weighted by Gasteiger charge is 2.38. The summed E-state index contributed by atoms with van der Waals surface area (Å²) < 4.78 is 41.5. The number of ether oxygens (including phenoxy) is 1. The van der Waals surface area contributed by atoms with Crippen molar-refractivity contribution >= 4 is 23.2 Å². The number of hydrogen-bond acceptors (Lipinski definition) is 2. The van der Waals surface area contributed by atoms with Crippen LogP contribution in [0.2, 0.25) is 10.0 Å². The van der Waals surface area contributed by atoms with E-state index in [0.717, 1.165) is 6.92 Å². The second-order valence-electron chi connectivity index (χ2n) is 3.35. The van der Waals surface area contributed by atoms with E-state index in [4.69, 9.17) is 28.3 Å². The molecule has 96 valence electrons. The van der Waals surface area contributed by atoms with E-state index >= 15 is 0 Å². The van der Waals surface area contributed by atoms with Crippen LogP contribution in [-0.2, 0) is 6.61 Å². The van der Waals surface area contributed by atoms with Crippen molar-refractivity contribution in [2.45, 2.75) is 25.8 Å². The fourth-order valence-electron chi connectivity index (χ4n) is 1.06. The van der Waals surface area contributed by atoms with E-state index in [2.05, 4.69) is 4.74 Å². The lowest BCUT2D eigenvalue weighted by atomic mass is 10.2. The van der Waals surface area contributed by atoms with Gasteiger partial charge in [0.2, 0.25) is 0 Å². The van der Waals surface area contributed by atoms with Gasteiger partial charge in [0.15, 0.2) is 11.9 Å². The number of hydrogen-bond donors (Lipinski definition) is 1. The Balaban J connectivity index is 3.00. The van der Waals surface area contributed by atoms with Crippen molar-refractivity contribution in [3.63, 3.8) is 0 Å². The van der Waals surface area contributed by atoms with Gasteiger partial charge in [-0.3, -0.25) is 0 Å². The molecule has 0 heterocycles. The normalized spacial score (nSPS) is 13.6. The second kappa shape index (κ2) is 5.33. The van der Waals surface area contributed by atoms with E-state index in [0.29, 0.717) is 5.56 Å². The summed E-state index contributed by atoms with van der Waals surface area (Å²) in [6.07, 6.45) is -6.51. The Morgan fingerprint density at radius 3 is 2.12 bits per heavy atom. The molecule has 1 aromatic carbocycles. The molecule has 1 N–H and O–H groups in total. The molecule has 0 aliphatic rings. The molecule has 0 spiro atoms. The molecule has 0 aliphatic heterocycles. The molecule has 1 aromatic rings. The summed E-state index contributed by atoms with van der Waals surface area (Å²) in [7, 11) is 0. The van der Waals surface area contributed by atoms with Crippen molar-refractivity contribution < 1.29 is 23.0 Å². The van der Waals surface area contributed by atoms with Crippen molar-refractivity contribution in [3.8, 4) is 5.75 Å². The minimum atomic E-state index is -4.50. The fourth-order valence-corrected chi connectivity index (χ4v) is 1.68. The molecule has 0 saturated heterocycles. The van der Waals surface area contributed by atoms with Gasteiger partial charge in [-0.15, -0.1) is 0 Å². The lowest BCUT2D eigenvalue weighted by Gasteiger charge is -2.19. The lowest BCUT2D eigenvalue weighted by Crippen LogP contribution is -2.31. The van der Waals surface area contributed by atoms with Crippen LogP contribution in [0.4, 0.5) is 13.2 Å². The van der Waals surface area contributed by atoms with Gasteiger partial charge in [-0.05, 0) is 24.6 Å². The Morgan fingerprint density at radius 2 is 1.76 bits per heavy atom. The van der Waals surface area contributed by atoms with E-state index in [1.165, 1.54) is 12.1 Å². The molecule has 2 nitrogen and oxygen atoms in total. The van der Waals surface area contributed by atoms with Gasteiger partial charge < -0.3 is 9.84 Å². The molecule has 0 aromatic heterocycles. The van der Waals surface area contributed by atoms with Gasteiger partial charge in [-0.1, -0.05) is 23.2 Å². The van der Waals surface area contributed by atoms with Gasteiger partial charge in [0.05, 0.1) is 16.7 Å². The molecule has 0 amide bonds. The standard InChI is InChI=1S/C10H9Cl2F3O2/c1-5(10(13,14)15)17-9-7(11)2-6(4-16)3-8(9)12/h2-3,5,16H,4H2,1H3/t5-/m0/s1. The van der Waals surface area contributed by atoms with Gasteiger partial charge in [0.1, 0.15) is 0 Å². The zero-order chi connectivity index (χ0) is 13.2. The van der Waals surface area contributed by atoms with Crippen molar-refractivity contribution in [1.82, 2.24) is 0 Å². The average molecular weight is 289 g/mol. The highest BCUT2D eigenvalue weighted by Crippen LogP contribution is 2.37. The third kappa shape index (κ3) is 3.66. The van der Waals surface area contributed by atoms with Crippen LogP contribution in [0.5, 0.6) is 5.75 Å². The third-order valence-electron chi connectivity index (χ3n) is 2.00. The van der Waals surface area contributed by atoms with Crippen LogP contribution in [-0.4, -0.2) is 17.4 Å². The van der Waals surface area contributed by atoms with Crippen LogP contribution in [0.3, 0.4) is 0 Å². The van der Waals surface area contributed by atoms with E-state index in [-0.39, 0.29) is 22.4 Å². The number of benzene rings is 1. The first-order valence-electron chi connectivity index (χ1n) is 4.58. The molecule has 0 radical (unpaired) electrons. The molecule has 17 heavy (non-hydrogen) atoms. The van der Waals surface area contributed by atoms with E-state index < -0.39 is 12.3 Å². The predicted octanol–water partition coefficient (Wildman–Crippen LogP) is 3.82. The van der Waals surface area contributed by atoms with Crippen LogP contribution in [0.1, 0.15) is 12.5 Å². The summed E-state index contributed by atoms with van der Waals surface area (Å²) in [6, 6.07) is 2.59. The molecule has 7 heteroatoms. The Labute approximate surface area is 106 Å². The zero-order valence-corrected chi connectivity index (χ0v) is 10.2. The Kier molecular flexibility index (Phi) is 4.52. The van der Waals surface area contributed by atoms with Gasteiger partial charge >= 0.3 is 6.18 Å². The highest BCUT2D eigenvalue weighted by atomic mass is 35.5. The molecule has 0 bridgehead atoms. The number of halogens is 5. The topological polar surface area (TPSA) is 29.5 Å². The van der Waals surface area contributed by atoms with Crippen molar-refractivity contribution in [3.05, 3.63) is 27.7 Å². The summed E-state index contributed by atoms with van der Waals surface area (Å²) in [5, 5.41) is 8.71. The maximum Gasteiger partial charge on any atom is 0.425 e. The quantitative estimate of drug-likeness (QED) is 0.916. The predicted molar refractivity (Wildman–Crippen MR) is 58.5 cm³/mol. The van der Waals surface area contributed by atoms with E-state index in [1.54, 1.807) is 0 Å². The summed E-state index contributed by atoms with van der Waals surface area (Å²) >= 11 is 11.4. The first kappa shape index (κ1) is 14.4. The number of alkyl halides is 3. The minimum absolute atomic E-state index is 0.0716. The van der Waals surface area contributed by atoms with Gasteiger partial charge in [0, 0.05) is 0 Å². The molecule has 1 rings (SSSR count). The van der Waals surface area contributed by atoms with Crippen molar-refractivity contribution in [1.29, 1.82) is 0 Å². The largest absolute Gasteiger partial charge is 0.478 e. The monoisotopic (exact) mass is 288 g/mol. The van der Waals surface area contributed by atoms with Crippen LogP contribution in [0, 0.1) is 0 Å².